The summed E-state index contributed by atoms with van der Waals surface area (Å²) in [6.45, 7) is -0.136. The zero-order chi connectivity index (χ0) is 26.3. The van der Waals surface area contributed by atoms with Crippen LogP contribution in [0.2, 0.25) is 0 Å². The van der Waals surface area contributed by atoms with Crippen molar-refractivity contribution in [3.05, 3.63) is 78.3 Å². The normalized spacial score (nSPS) is 12.9. The van der Waals surface area contributed by atoms with Crippen LogP contribution in [0.5, 0.6) is 5.75 Å². The summed E-state index contributed by atoms with van der Waals surface area (Å²) < 4.78 is 37.5. The number of methoxy groups -OCH3 is 2. The summed E-state index contributed by atoms with van der Waals surface area (Å²) in [5.41, 5.74) is 7.78. The Kier molecular flexibility index (Phi) is 9.04. The molecule has 0 aliphatic rings. The molecule has 0 saturated carbocycles. The van der Waals surface area contributed by atoms with E-state index in [1.165, 1.54) is 26.4 Å². The second-order valence-corrected chi connectivity index (χ2v) is 11.2. The van der Waals surface area contributed by atoms with Crippen molar-refractivity contribution >= 4 is 27.3 Å². The van der Waals surface area contributed by atoms with Gasteiger partial charge in [0.05, 0.1) is 31.3 Å². The van der Waals surface area contributed by atoms with Crippen LogP contribution in [-0.4, -0.2) is 62.5 Å². The van der Waals surface area contributed by atoms with Crippen molar-refractivity contribution in [1.82, 2.24) is 14.3 Å². The van der Waals surface area contributed by atoms with Gasteiger partial charge < -0.3 is 20.2 Å². The molecule has 3 aromatic rings. The summed E-state index contributed by atoms with van der Waals surface area (Å²) in [5.74, 6) is 6.27. The lowest BCUT2D eigenvalue weighted by Crippen LogP contribution is -2.45. The first-order valence-corrected chi connectivity index (χ1v) is 13.1. The molecule has 0 aliphatic carbocycles. The van der Waals surface area contributed by atoms with E-state index in [9.17, 15) is 13.2 Å². The fourth-order valence-electron chi connectivity index (χ4n) is 3.35. The molecule has 192 valence electrons. The van der Waals surface area contributed by atoms with Crippen molar-refractivity contribution in [3.8, 4) is 16.3 Å². The number of rotatable bonds is 11. The number of thiophene rings is 1. The van der Waals surface area contributed by atoms with Gasteiger partial charge in [0.25, 0.3) is 10.0 Å². The first-order chi connectivity index (χ1) is 17.1. The average molecular weight is 532 g/mol. The van der Waals surface area contributed by atoms with E-state index < -0.39 is 22.0 Å². The highest BCUT2D eigenvalue weighted by Crippen LogP contribution is 2.30. The number of nitrogens with zero attached hydrogens (tertiary/aromatic N) is 3. The predicted molar refractivity (Wildman–Crippen MR) is 138 cm³/mol. The molecule has 0 radical (unpaired) electrons. The molecule has 0 saturated heterocycles. The second-order valence-electron chi connectivity index (χ2n) is 7.84. The Labute approximate surface area is 214 Å². The van der Waals surface area contributed by atoms with Crippen molar-refractivity contribution in [2.24, 2.45) is 11.6 Å². The van der Waals surface area contributed by atoms with Gasteiger partial charge in [-0.15, -0.1) is 11.3 Å². The van der Waals surface area contributed by atoms with Crippen molar-refractivity contribution in [3.63, 3.8) is 0 Å². The number of ether oxygens (including phenoxy) is 2. The van der Waals surface area contributed by atoms with E-state index in [0.717, 1.165) is 31.1 Å². The molecule has 0 fully saturated rings. The second kappa shape index (κ2) is 12.0. The van der Waals surface area contributed by atoms with Crippen LogP contribution in [0, 0.1) is 0 Å². The van der Waals surface area contributed by atoms with Crippen LogP contribution in [-0.2, 0) is 26.0 Å². The van der Waals surface area contributed by atoms with E-state index >= 15 is 0 Å². The maximum absolute atomic E-state index is 13.1. The number of carbonyl (C=O) groups excluding carboxylic acids is 1. The lowest BCUT2D eigenvalue weighted by molar-refractivity contribution is -0.146. The molecule has 2 aromatic heterocycles. The summed E-state index contributed by atoms with van der Waals surface area (Å²) >= 11 is 1.12. The Hall–Kier alpha value is -3.45. The van der Waals surface area contributed by atoms with Gasteiger partial charge in [0, 0.05) is 31.6 Å². The summed E-state index contributed by atoms with van der Waals surface area (Å²) in [6, 6.07) is 15.0. The van der Waals surface area contributed by atoms with Crippen molar-refractivity contribution in [2.75, 3.05) is 27.8 Å². The minimum absolute atomic E-state index is 0.136. The van der Waals surface area contributed by atoms with Gasteiger partial charge >= 0.3 is 5.97 Å². The summed E-state index contributed by atoms with van der Waals surface area (Å²) in [4.78, 5) is 17.4. The van der Waals surface area contributed by atoms with E-state index in [0.29, 0.717) is 11.4 Å². The molecular weight excluding hydrogens is 502 g/mol. The Morgan fingerprint density at radius 1 is 1.14 bits per heavy atom. The number of benzene rings is 1. The van der Waals surface area contributed by atoms with E-state index in [1.54, 1.807) is 37.6 Å². The minimum atomic E-state index is -3.81. The molecule has 3 rings (SSSR count). The third-order valence-corrected chi connectivity index (χ3v) is 8.68. The summed E-state index contributed by atoms with van der Waals surface area (Å²) in [5, 5.41) is 1.14. The molecule has 36 heavy (non-hydrogen) atoms. The lowest BCUT2D eigenvalue weighted by Gasteiger charge is -2.25. The maximum Gasteiger partial charge on any atom is 0.330 e. The molecular formula is C24H29N5O5S2. The highest BCUT2D eigenvalue weighted by atomic mass is 32.2. The Bertz CT molecular complexity index is 1290. The molecule has 0 amide bonds. The number of aromatic nitrogens is 1. The zero-order valence-corrected chi connectivity index (χ0v) is 21.8. The van der Waals surface area contributed by atoms with Gasteiger partial charge in [-0.25, -0.2) is 19.1 Å². The Balaban J connectivity index is 1.72. The highest BCUT2D eigenvalue weighted by Gasteiger charge is 2.26. The number of carbonyl (C=O) groups is 1. The van der Waals surface area contributed by atoms with Gasteiger partial charge in [0.1, 0.15) is 16.0 Å². The van der Waals surface area contributed by atoms with E-state index in [-0.39, 0.29) is 22.9 Å². The number of hydrazine groups is 1. The average Bonchev–Trinajstić information content (AvgIpc) is 3.39. The molecule has 2 heterocycles. The number of nitrogens with two attached hydrogens (primary N) is 2. The summed E-state index contributed by atoms with van der Waals surface area (Å²) in [6.07, 6.45) is 3.23. The summed E-state index contributed by atoms with van der Waals surface area (Å²) in [7, 11) is 0.445. The van der Waals surface area contributed by atoms with Crippen LogP contribution in [0.4, 0.5) is 0 Å². The van der Waals surface area contributed by atoms with Gasteiger partial charge in [-0.2, -0.15) is 4.31 Å². The van der Waals surface area contributed by atoms with Crippen LogP contribution in [0.1, 0.15) is 5.56 Å². The van der Waals surface area contributed by atoms with Gasteiger partial charge in [-0.3, -0.25) is 4.98 Å². The van der Waals surface area contributed by atoms with Crippen molar-refractivity contribution in [2.45, 2.75) is 16.7 Å². The van der Waals surface area contributed by atoms with E-state index in [1.807, 2.05) is 24.3 Å². The fraction of sp³-hybridized carbons (Fsp3) is 0.250. The zero-order valence-electron chi connectivity index (χ0n) is 20.2. The van der Waals surface area contributed by atoms with Crippen LogP contribution in [0.25, 0.3) is 10.6 Å². The van der Waals surface area contributed by atoms with Crippen molar-refractivity contribution in [1.29, 1.82) is 0 Å². The highest BCUT2D eigenvalue weighted by molar-refractivity contribution is 7.91. The van der Waals surface area contributed by atoms with Crippen LogP contribution < -0.4 is 16.3 Å². The molecule has 0 spiro atoms. The molecule has 0 unspecified atom stereocenters. The first kappa shape index (κ1) is 27.1. The van der Waals surface area contributed by atoms with Gasteiger partial charge in [0.15, 0.2) is 0 Å². The number of esters is 1. The van der Waals surface area contributed by atoms with Crippen LogP contribution in [0.15, 0.2) is 76.9 Å². The number of hydrogen-bond donors (Lipinski definition) is 2. The van der Waals surface area contributed by atoms with Gasteiger partial charge in [-0.1, -0.05) is 18.2 Å². The number of sulfonamides is 1. The number of likely N-dealkylation sites (N-methyl/N-ethyl adjacent to an activating group) is 1. The lowest BCUT2D eigenvalue weighted by atomic mass is 10.1. The number of pyridine rings is 1. The van der Waals surface area contributed by atoms with Gasteiger partial charge in [0.2, 0.25) is 0 Å². The molecule has 4 N–H and O–H groups in total. The molecule has 0 aliphatic heterocycles. The molecule has 12 heteroatoms. The maximum atomic E-state index is 13.1. The third kappa shape index (κ3) is 6.61. The van der Waals surface area contributed by atoms with Gasteiger partial charge in [-0.05, 0) is 42.0 Å². The number of hydrogen-bond acceptors (Lipinski definition) is 10. The minimum Gasteiger partial charge on any atom is -0.497 e. The fourth-order valence-corrected chi connectivity index (χ4v) is 6.01. The largest absolute Gasteiger partial charge is 0.497 e. The van der Waals surface area contributed by atoms with Crippen molar-refractivity contribution < 1.29 is 22.7 Å². The van der Waals surface area contributed by atoms with E-state index in [2.05, 4.69) is 4.98 Å². The quantitative estimate of drug-likeness (QED) is 0.216. The molecule has 10 nitrogen and oxygen atoms in total. The monoisotopic (exact) mass is 531 g/mol. The third-order valence-electron chi connectivity index (χ3n) is 5.30. The smallest absolute Gasteiger partial charge is 0.330 e. The Morgan fingerprint density at radius 2 is 1.86 bits per heavy atom. The SMILES string of the molecule is COC(=O)[C@H](Cc1ccc(OC)cc1)N(N)/C=C(\N)CN(C)S(=O)(=O)c1ccc(-c2ccccn2)s1. The topological polar surface area (TPSA) is 141 Å². The van der Waals surface area contributed by atoms with E-state index in [4.69, 9.17) is 21.1 Å². The molecule has 0 bridgehead atoms. The first-order valence-electron chi connectivity index (χ1n) is 10.8. The van der Waals surface area contributed by atoms with Crippen LogP contribution >= 0.6 is 11.3 Å². The molecule has 1 aromatic carbocycles. The van der Waals surface area contributed by atoms with Crippen LogP contribution in [0.3, 0.4) is 0 Å². The molecule has 1 atom stereocenters. The Morgan fingerprint density at radius 3 is 2.47 bits per heavy atom. The standard InChI is InChI=1S/C24H29N5O5S2/c1-28(36(31,32)23-12-11-22(35-23)20-6-4-5-13-27-20)15-18(25)16-29(26)21(24(30)34-3)14-17-7-9-19(33-2)10-8-17/h4-13,16,21H,14-15,25-26H2,1-3H3/b18-16-/t21-/m0/s1. The predicted octanol–water partition coefficient (Wildman–Crippen LogP) is 2.20.